The Morgan fingerprint density at radius 1 is 1.71 bits per heavy atom. The number of carbonyl (C=O) groups excluding carboxylic acids is 1. The molecule has 2 N–H and O–H groups in total. The Balaban J connectivity index is 2.36. The van der Waals surface area contributed by atoms with E-state index >= 15 is 0 Å². The Morgan fingerprint density at radius 2 is 2.41 bits per heavy atom. The van der Waals surface area contributed by atoms with Gasteiger partial charge in [-0.3, -0.25) is 4.79 Å². The van der Waals surface area contributed by atoms with Crippen molar-refractivity contribution in [1.29, 1.82) is 0 Å². The molecule has 2 atom stereocenters. The van der Waals surface area contributed by atoms with Gasteiger partial charge in [0.05, 0.1) is 10.9 Å². The molecule has 0 bridgehead atoms. The highest BCUT2D eigenvalue weighted by molar-refractivity contribution is 7.10. The van der Waals surface area contributed by atoms with E-state index in [4.69, 9.17) is 4.74 Å². The Kier molecular flexibility index (Phi) is 2.97. The van der Waals surface area contributed by atoms with Crippen molar-refractivity contribution in [1.82, 2.24) is 5.32 Å². The number of ether oxygens (including phenoxy) is 1. The number of hydrogen-bond acceptors (Lipinski definition) is 4. The highest BCUT2D eigenvalue weighted by Gasteiger charge is 2.44. The third kappa shape index (κ3) is 2.08. The van der Waals surface area contributed by atoms with Gasteiger partial charge in [-0.15, -0.1) is 11.3 Å². The summed E-state index contributed by atoms with van der Waals surface area (Å²) in [6.07, 6.45) is 0.403. The van der Waals surface area contributed by atoms with E-state index in [2.05, 4.69) is 11.9 Å². The lowest BCUT2D eigenvalue weighted by Gasteiger charge is -2.40. The second kappa shape index (κ2) is 4.16. The standard InChI is InChI=1S/C12H15NO3S/c1-4-8(14)13-9-10-7(5-6-17-10)16-12(2,3)11(9)15/h4-6,9,11,15H,1H2,2-3H3,(H,13,14)/t9-,11+/m1/s1. The van der Waals surface area contributed by atoms with Gasteiger partial charge in [0.1, 0.15) is 17.5 Å². The molecule has 0 saturated heterocycles. The van der Waals surface area contributed by atoms with Crippen LogP contribution in [0.2, 0.25) is 0 Å². The molecule has 1 amide bonds. The van der Waals surface area contributed by atoms with Crippen LogP contribution in [0, 0.1) is 0 Å². The van der Waals surface area contributed by atoms with Gasteiger partial charge in [-0.25, -0.2) is 0 Å². The molecule has 5 heteroatoms. The normalized spacial score (nSPS) is 25.6. The summed E-state index contributed by atoms with van der Waals surface area (Å²) < 4.78 is 5.70. The van der Waals surface area contributed by atoms with Crippen LogP contribution in [0.15, 0.2) is 24.1 Å². The average Bonchev–Trinajstić information content (AvgIpc) is 2.71. The van der Waals surface area contributed by atoms with Crippen LogP contribution in [-0.4, -0.2) is 22.7 Å². The van der Waals surface area contributed by atoms with Gasteiger partial charge in [0.2, 0.25) is 5.91 Å². The molecule has 2 rings (SSSR count). The fourth-order valence-corrected chi connectivity index (χ4v) is 2.76. The smallest absolute Gasteiger partial charge is 0.243 e. The molecule has 1 aromatic rings. The molecule has 4 nitrogen and oxygen atoms in total. The number of thiophene rings is 1. The van der Waals surface area contributed by atoms with Gasteiger partial charge in [-0.2, -0.15) is 0 Å². The zero-order chi connectivity index (χ0) is 12.6. The van der Waals surface area contributed by atoms with Crippen molar-refractivity contribution in [2.75, 3.05) is 0 Å². The number of hydrogen-bond donors (Lipinski definition) is 2. The number of aliphatic hydroxyl groups is 1. The maximum absolute atomic E-state index is 11.4. The van der Waals surface area contributed by atoms with Gasteiger partial charge in [-0.1, -0.05) is 6.58 Å². The molecule has 2 heterocycles. The lowest BCUT2D eigenvalue weighted by Crippen LogP contribution is -2.52. The van der Waals surface area contributed by atoms with Crippen LogP contribution in [0.5, 0.6) is 5.75 Å². The first-order valence-corrected chi connectivity index (χ1v) is 6.21. The fraction of sp³-hybridized carbons (Fsp3) is 0.417. The van der Waals surface area contributed by atoms with Gasteiger partial charge in [0.15, 0.2) is 0 Å². The second-order valence-corrected chi connectivity index (χ2v) is 5.44. The first-order chi connectivity index (χ1) is 7.95. The summed E-state index contributed by atoms with van der Waals surface area (Å²) >= 11 is 1.46. The molecule has 0 unspecified atom stereocenters. The SMILES string of the molecule is C=CC(=O)N[C@@H]1c2sccc2OC(C)(C)[C@H]1O. The van der Waals surface area contributed by atoms with Crippen LogP contribution in [0.4, 0.5) is 0 Å². The number of nitrogens with one attached hydrogen (secondary N) is 1. The Labute approximate surface area is 104 Å². The largest absolute Gasteiger partial charge is 0.484 e. The minimum absolute atomic E-state index is 0.300. The maximum atomic E-state index is 11.4. The monoisotopic (exact) mass is 253 g/mol. The third-order valence-electron chi connectivity index (χ3n) is 2.82. The molecule has 1 aliphatic heterocycles. The number of aliphatic hydroxyl groups excluding tert-OH is 1. The summed E-state index contributed by atoms with van der Waals surface area (Å²) in [5.74, 6) is 0.422. The van der Waals surface area contributed by atoms with Gasteiger partial charge in [0, 0.05) is 0 Å². The highest BCUT2D eigenvalue weighted by Crippen LogP contribution is 2.42. The second-order valence-electron chi connectivity index (χ2n) is 4.49. The Bertz CT molecular complexity index is 452. The predicted molar refractivity (Wildman–Crippen MR) is 66.1 cm³/mol. The summed E-state index contributed by atoms with van der Waals surface area (Å²) in [7, 11) is 0. The van der Waals surface area contributed by atoms with E-state index in [0.29, 0.717) is 0 Å². The number of fused-ring (bicyclic) bond motifs is 1. The van der Waals surface area contributed by atoms with Crippen molar-refractivity contribution in [3.63, 3.8) is 0 Å². The first-order valence-electron chi connectivity index (χ1n) is 5.33. The summed E-state index contributed by atoms with van der Waals surface area (Å²) in [5.41, 5.74) is -0.729. The molecular formula is C12H15NO3S. The lowest BCUT2D eigenvalue weighted by molar-refractivity contribution is -0.120. The van der Waals surface area contributed by atoms with Crippen LogP contribution < -0.4 is 10.1 Å². The molecule has 0 aromatic carbocycles. The summed E-state index contributed by atoms with van der Waals surface area (Å²) in [4.78, 5) is 12.2. The molecule has 0 fully saturated rings. The van der Waals surface area contributed by atoms with Crippen molar-refractivity contribution in [2.45, 2.75) is 31.6 Å². The average molecular weight is 253 g/mol. The highest BCUT2D eigenvalue weighted by atomic mass is 32.1. The summed E-state index contributed by atoms with van der Waals surface area (Å²) in [6, 6.07) is 1.40. The van der Waals surface area contributed by atoms with Crippen molar-refractivity contribution in [3.05, 3.63) is 29.0 Å². The molecule has 0 saturated carbocycles. The molecule has 0 aliphatic carbocycles. The zero-order valence-electron chi connectivity index (χ0n) is 9.77. The van der Waals surface area contributed by atoms with Gasteiger partial charge < -0.3 is 15.2 Å². The molecule has 92 valence electrons. The van der Waals surface area contributed by atoms with E-state index in [-0.39, 0.29) is 5.91 Å². The molecule has 1 aromatic heterocycles. The third-order valence-corrected chi connectivity index (χ3v) is 3.81. The van der Waals surface area contributed by atoms with Gasteiger partial charge in [0.25, 0.3) is 0 Å². The number of amides is 1. The van der Waals surface area contributed by atoms with Crippen molar-refractivity contribution < 1.29 is 14.6 Å². The summed E-state index contributed by atoms with van der Waals surface area (Å²) in [6.45, 7) is 7.00. The van der Waals surface area contributed by atoms with Crippen LogP contribution in [0.1, 0.15) is 24.8 Å². The van der Waals surface area contributed by atoms with Crippen LogP contribution >= 0.6 is 11.3 Å². The molecular weight excluding hydrogens is 238 g/mol. The lowest BCUT2D eigenvalue weighted by atomic mass is 9.90. The minimum Gasteiger partial charge on any atom is -0.484 e. The number of carbonyl (C=O) groups is 1. The van der Waals surface area contributed by atoms with Gasteiger partial charge in [-0.05, 0) is 31.4 Å². The first kappa shape index (κ1) is 12.1. The molecule has 1 aliphatic rings. The minimum atomic E-state index is -0.794. The van der Waals surface area contributed by atoms with E-state index in [1.165, 1.54) is 17.4 Å². The Morgan fingerprint density at radius 3 is 3.06 bits per heavy atom. The van der Waals surface area contributed by atoms with Crippen molar-refractivity contribution in [3.8, 4) is 5.75 Å². The van der Waals surface area contributed by atoms with Crippen molar-refractivity contribution >= 4 is 17.2 Å². The van der Waals surface area contributed by atoms with E-state index < -0.39 is 17.7 Å². The van der Waals surface area contributed by atoms with E-state index in [9.17, 15) is 9.90 Å². The van der Waals surface area contributed by atoms with Crippen molar-refractivity contribution in [2.24, 2.45) is 0 Å². The topological polar surface area (TPSA) is 58.6 Å². The van der Waals surface area contributed by atoms with Crippen LogP contribution in [0.25, 0.3) is 0 Å². The number of rotatable bonds is 2. The molecule has 0 spiro atoms. The van der Waals surface area contributed by atoms with E-state index in [1.54, 1.807) is 13.8 Å². The maximum Gasteiger partial charge on any atom is 0.243 e. The van der Waals surface area contributed by atoms with Gasteiger partial charge >= 0.3 is 0 Å². The van der Waals surface area contributed by atoms with Crippen LogP contribution in [-0.2, 0) is 4.79 Å². The molecule has 17 heavy (non-hydrogen) atoms. The van der Waals surface area contributed by atoms with E-state index in [1.807, 2.05) is 11.4 Å². The quantitative estimate of drug-likeness (QED) is 0.787. The van der Waals surface area contributed by atoms with Crippen LogP contribution in [0.3, 0.4) is 0 Å². The zero-order valence-corrected chi connectivity index (χ0v) is 10.6. The molecule has 0 radical (unpaired) electrons. The predicted octanol–water partition coefficient (Wildman–Crippen LogP) is 1.62. The fourth-order valence-electron chi connectivity index (χ4n) is 1.87. The van der Waals surface area contributed by atoms with E-state index in [0.717, 1.165) is 10.6 Å². The Hall–Kier alpha value is -1.33. The summed E-state index contributed by atoms with van der Waals surface area (Å²) in [5, 5.41) is 14.9.